The Kier molecular flexibility index (Phi) is 4.51. The molecule has 0 saturated heterocycles. The molecule has 0 unspecified atom stereocenters. The minimum Gasteiger partial charge on any atom is -0.481 e. The molecule has 4 nitrogen and oxygen atoms in total. The van der Waals surface area contributed by atoms with Crippen LogP contribution in [0.1, 0.15) is 17.5 Å². The van der Waals surface area contributed by atoms with E-state index in [2.05, 4.69) is 5.32 Å². The average molecular weight is 221 g/mol. The first kappa shape index (κ1) is 12.2. The highest BCUT2D eigenvalue weighted by Crippen LogP contribution is 2.02. The summed E-state index contributed by atoms with van der Waals surface area (Å²) in [7, 11) is 0. The van der Waals surface area contributed by atoms with Crippen molar-refractivity contribution in [1.29, 1.82) is 0 Å². The van der Waals surface area contributed by atoms with Crippen LogP contribution in [0, 0.1) is 6.92 Å². The van der Waals surface area contributed by atoms with Crippen LogP contribution in [0.4, 0.5) is 0 Å². The van der Waals surface area contributed by atoms with Crippen LogP contribution in [-0.4, -0.2) is 23.5 Å². The Morgan fingerprint density at radius 3 is 2.44 bits per heavy atom. The molecular formula is C12H15NO3. The lowest BCUT2D eigenvalue weighted by atomic mass is 10.1. The first-order valence-electron chi connectivity index (χ1n) is 5.12. The van der Waals surface area contributed by atoms with E-state index in [1.807, 2.05) is 31.2 Å². The summed E-state index contributed by atoms with van der Waals surface area (Å²) in [5, 5.41) is 10.9. The van der Waals surface area contributed by atoms with E-state index in [4.69, 9.17) is 5.11 Å². The van der Waals surface area contributed by atoms with Gasteiger partial charge in [0, 0.05) is 6.54 Å². The smallest absolute Gasteiger partial charge is 0.312 e. The molecule has 0 heterocycles. The minimum atomic E-state index is -1.10. The molecule has 0 atom stereocenters. The largest absolute Gasteiger partial charge is 0.481 e. The lowest BCUT2D eigenvalue weighted by Gasteiger charge is -2.04. The first-order chi connectivity index (χ1) is 7.58. The normalized spacial score (nSPS) is 9.81. The fourth-order valence-corrected chi connectivity index (χ4v) is 1.30. The van der Waals surface area contributed by atoms with Gasteiger partial charge in [-0.1, -0.05) is 29.8 Å². The highest BCUT2D eigenvalue weighted by molar-refractivity contribution is 5.93. The molecule has 16 heavy (non-hydrogen) atoms. The lowest BCUT2D eigenvalue weighted by molar-refractivity contribution is -0.140. The molecule has 0 radical (unpaired) electrons. The number of hydrogen-bond donors (Lipinski definition) is 2. The van der Waals surface area contributed by atoms with Gasteiger partial charge in [0.15, 0.2) is 0 Å². The number of benzene rings is 1. The zero-order chi connectivity index (χ0) is 12.0. The van der Waals surface area contributed by atoms with Gasteiger partial charge in [-0.15, -0.1) is 0 Å². The van der Waals surface area contributed by atoms with E-state index in [-0.39, 0.29) is 0 Å². The fourth-order valence-electron chi connectivity index (χ4n) is 1.30. The summed E-state index contributed by atoms with van der Waals surface area (Å²) < 4.78 is 0. The standard InChI is InChI=1S/C12H15NO3/c1-9-2-4-10(5-3-9)6-7-13-11(14)8-12(15)16/h2-5H,6-8H2,1H3,(H,13,14)(H,15,16). The molecule has 4 heteroatoms. The third-order valence-corrected chi connectivity index (χ3v) is 2.17. The zero-order valence-corrected chi connectivity index (χ0v) is 9.19. The zero-order valence-electron chi connectivity index (χ0n) is 9.19. The molecule has 0 fully saturated rings. The Balaban J connectivity index is 2.28. The van der Waals surface area contributed by atoms with Crippen LogP contribution in [0.3, 0.4) is 0 Å². The van der Waals surface area contributed by atoms with Gasteiger partial charge in [-0.3, -0.25) is 9.59 Å². The van der Waals surface area contributed by atoms with Gasteiger partial charge in [0.2, 0.25) is 5.91 Å². The Labute approximate surface area is 94.3 Å². The maximum absolute atomic E-state index is 11.0. The van der Waals surface area contributed by atoms with Gasteiger partial charge < -0.3 is 10.4 Å². The summed E-state index contributed by atoms with van der Waals surface area (Å²) in [6.45, 7) is 2.48. The number of aryl methyl sites for hydroxylation is 1. The van der Waals surface area contributed by atoms with Gasteiger partial charge in [-0.2, -0.15) is 0 Å². The van der Waals surface area contributed by atoms with Crippen molar-refractivity contribution in [3.63, 3.8) is 0 Å². The monoisotopic (exact) mass is 221 g/mol. The molecule has 1 aromatic rings. The number of amides is 1. The summed E-state index contributed by atoms with van der Waals surface area (Å²) in [6, 6.07) is 8.01. The molecule has 1 rings (SSSR count). The topological polar surface area (TPSA) is 66.4 Å². The van der Waals surface area contributed by atoms with Crippen LogP contribution < -0.4 is 5.32 Å². The molecule has 0 aliphatic rings. The van der Waals surface area contributed by atoms with Crippen LogP contribution in [0.15, 0.2) is 24.3 Å². The molecule has 0 aliphatic heterocycles. The van der Waals surface area contributed by atoms with E-state index in [1.54, 1.807) is 0 Å². The van der Waals surface area contributed by atoms with Crippen LogP contribution in [0.5, 0.6) is 0 Å². The second kappa shape index (κ2) is 5.90. The van der Waals surface area contributed by atoms with Crippen molar-refractivity contribution in [3.05, 3.63) is 35.4 Å². The van der Waals surface area contributed by atoms with Crippen molar-refractivity contribution in [2.45, 2.75) is 19.8 Å². The quantitative estimate of drug-likeness (QED) is 0.732. The molecule has 1 amide bonds. The van der Waals surface area contributed by atoms with E-state index in [0.29, 0.717) is 13.0 Å². The lowest BCUT2D eigenvalue weighted by Crippen LogP contribution is -2.27. The summed E-state index contributed by atoms with van der Waals surface area (Å²) in [4.78, 5) is 21.2. The summed E-state index contributed by atoms with van der Waals surface area (Å²) in [6.07, 6.45) is 0.250. The number of carbonyl (C=O) groups excluding carboxylic acids is 1. The highest BCUT2D eigenvalue weighted by Gasteiger charge is 2.05. The first-order valence-corrected chi connectivity index (χ1v) is 5.12. The SMILES string of the molecule is Cc1ccc(CCNC(=O)CC(=O)O)cc1. The van der Waals surface area contributed by atoms with Crippen LogP contribution in [0.2, 0.25) is 0 Å². The number of hydrogen-bond acceptors (Lipinski definition) is 2. The summed E-state index contributed by atoms with van der Waals surface area (Å²) in [5.74, 6) is -1.55. The Morgan fingerprint density at radius 1 is 1.25 bits per heavy atom. The molecule has 2 N–H and O–H groups in total. The maximum Gasteiger partial charge on any atom is 0.312 e. The van der Waals surface area contributed by atoms with Crippen molar-refractivity contribution in [1.82, 2.24) is 5.32 Å². The second-order valence-electron chi connectivity index (χ2n) is 3.66. The number of rotatable bonds is 5. The number of carboxylic acids is 1. The molecule has 0 aliphatic carbocycles. The van der Waals surface area contributed by atoms with Crippen LogP contribution >= 0.6 is 0 Å². The molecule has 0 bridgehead atoms. The van der Waals surface area contributed by atoms with E-state index < -0.39 is 18.3 Å². The van der Waals surface area contributed by atoms with Gasteiger partial charge in [0.05, 0.1) is 0 Å². The van der Waals surface area contributed by atoms with Gasteiger partial charge in [-0.05, 0) is 18.9 Å². The molecular weight excluding hydrogens is 206 g/mol. The van der Waals surface area contributed by atoms with Crippen molar-refractivity contribution < 1.29 is 14.7 Å². The van der Waals surface area contributed by atoms with Crippen molar-refractivity contribution in [2.75, 3.05) is 6.54 Å². The van der Waals surface area contributed by atoms with Gasteiger partial charge in [-0.25, -0.2) is 0 Å². The second-order valence-corrected chi connectivity index (χ2v) is 3.66. The Bertz CT molecular complexity index is 370. The number of nitrogens with one attached hydrogen (secondary N) is 1. The number of carbonyl (C=O) groups is 2. The van der Waals surface area contributed by atoms with Gasteiger partial charge in [0.25, 0.3) is 0 Å². The van der Waals surface area contributed by atoms with Crippen LogP contribution in [0.25, 0.3) is 0 Å². The van der Waals surface area contributed by atoms with E-state index >= 15 is 0 Å². The van der Waals surface area contributed by atoms with Crippen molar-refractivity contribution in [3.8, 4) is 0 Å². The molecule has 0 aromatic heterocycles. The van der Waals surface area contributed by atoms with E-state index in [0.717, 1.165) is 5.56 Å². The summed E-state index contributed by atoms with van der Waals surface area (Å²) in [5.41, 5.74) is 2.32. The predicted octanol–water partition coefficient (Wildman–Crippen LogP) is 1.13. The number of aliphatic carboxylic acids is 1. The third kappa shape index (κ3) is 4.59. The number of carboxylic acid groups (broad SMARTS) is 1. The van der Waals surface area contributed by atoms with Crippen LogP contribution in [-0.2, 0) is 16.0 Å². The Morgan fingerprint density at radius 2 is 1.88 bits per heavy atom. The third-order valence-electron chi connectivity index (χ3n) is 2.17. The predicted molar refractivity (Wildman–Crippen MR) is 60.1 cm³/mol. The van der Waals surface area contributed by atoms with E-state index in [9.17, 15) is 9.59 Å². The molecule has 0 saturated carbocycles. The van der Waals surface area contributed by atoms with Crippen molar-refractivity contribution >= 4 is 11.9 Å². The average Bonchev–Trinajstić information content (AvgIpc) is 2.20. The van der Waals surface area contributed by atoms with Crippen molar-refractivity contribution in [2.24, 2.45) is 0 Å². The van der Waals surface area contributed by atoms with E-state index in [1.165, 1.54) is 5.56 Å². The maximum atomic E-state index is 11.0. The highest BCUT2D eigenvalue weighted by atomic mass is 16.4. The Hall–Kier alpha value is -1.84. The molecule has 86 valence electrons. The molecule has 0 spiro atoms. The van der Waals surface area contributed by atoms with Gasteiger partial charge in [0.1, 0.15) is 6.42 Å². The minimum absolute atomic E-state index is 0.445. The fraction of sp³-hybridized carbons (Fsp3) is 0.333. The van der Waals surface area contributed by atoms with Gasteiger partial charge >= 0.3 is 5.97 Å². The summed E-state index contributed by atoms with van der Waals surface area (Å²) >= 11 is 0. The molecule has 1 aromatic carbocycles.